The first-order valence-corrected chi connectivity index (χ1v) is 6.34. The lowest BCUT2D eigenvalue weighted by Crippen LogP contribution is -2.06. The number of nitrogens with two attached hydrogens (primary N) is 1. The summed E-state index contributed by atoms with van der Waals surface area (Å²) in [6, 6.07) is 7.60. The molecule has 4 nitrogen and oxygen atoms in total. The Morgan fingerprint density at radius 3 is 2.95 bits per heavy atom. The lowest BCUT2D eigenvalue weighted by molar-refractivity contribution is 0.826. The van der Waals surface area contributed by atoms with Gasteiger partial charge >= 0.3 is 0 Å². The van der Waals surface area contributed by atoms with E-state index in [1.807, 2.05) is 42.0 Å². The largest absolute Gasteiger partial charge is 0.369 e. The molecule has 0 spiro atoms. The van der Waals surface area contributed by atoms with Crippen LogP contribution in [0, 0.1) is 6.92 Å². The minimum absolute atomic E-state index is 0.464. The number of para-hydroxylation sites is 1. The van der Waals surface area contributed by atoms with Crippen molar-refractivity contribution in [1.82, 2.24) is 14.5 Å². The zero-order chi connectivity index (χ0) is 13.4. The molecule has 0 atom stereocenters. The van der Waals surface area contributed by atoms with Crippen LogP contribution in [0.3, 0.4) is 0 Å². The van der Waals surface area contributed by atoms with E-state index < -0.39 is 0 Å². The molecule has 2 heterocycles. The number of nitrogens with zero attached hydrogens (tertiary/aromatic N) is 3. The molecule has 0 unspecified atom stereocenters. The zero-order valence-electron chi connectivity index (χ0n) is 10.5. The molecule has 0 amide bonds. The normalized spacial score (nSPS) is 11.1. The molecule has 0 fully saturated rings. The summed E-state index contributed by atoms with van der Waals surface area (Å²) in [6.45, 7) is 2.67. The predicted octanol–water partition coefficient (Wildman–Crippen LogP) is 3.02. The quantitative estimate of drug-likeness (QED) is 0.780. The second kappa shape index (κ2) is 4.55. The summed E-state index contributed by atoms with van der Waals surface area (Å²) in [5, 5.41) is 0.656. The molecule has 0 saturated heterocycles. The van der Waals surface area contributed by atoms with Gasteiger partial charge in [-0.25, -0.2) is 4.98 Å². The highest BCUT2D eigenvalue weighted by atomic mass is 35.5. The first-order valence-electron chi connectivity index (χ1n) is 5.96. The number of halogens is 1. The number of hydrogen-bond acceptors (Lipinski definition) is 3. The third-order valence-corrected chi connectivity index (χ3v) is 3.53. The number of benzene rings is 1. The van der Waals surface area contributed by atoms with Gasteiger partial charge in [0.15, 0.2) is 0 Å². The van der Waals surface area contributed by atoms with Crippen molar-refractivity contribution in [1.29, 1.82) is 0 Å². The SMILES string of the molecule is Cc1ccncc1Cn1c(N)nc2cccc(Cl)c21. The average molecular weight is 273 g/mol. The maximum atomic E-state index is 6.25. The van der Waals surface area contributed by atoms with E-state index in [1.165, 1.54) is 5.56 Å². The Kier molecular flexibility index (Phi) is 2.87. The van der Waals surface area contributed by atoms with Crippen LogP contribution in [-0.4, -0.2) is 14.5 Å². The van der Waals surface area contributed by atoms with Crippen LogP contribution in [0.5, 0.6) is 0 Å². The maximum absolute atomic E-state index is 6.25. The molecule has 0 aliphatic carbocycles. The first kappa shape index (κ1) is 12.0. The van der Waals surface area contributed by atoms with E-state index in [2.05, 4.69) is 9.97 Å². The van der Waals surface area contributed by atoms with E-state index in [4.69, 9.17) is 17.3 Å². The van der Waals surface area contributed by atoms with Gasteiger partial charge < -0.3 is 10.3 Å². The third kappa shape index (κ3) is 2.04. The summed E-state index contributed by atoms with van der Waals surface area (Å²) in [5.74, 6) is 0.464. The number of fused-ring (bicyclic) bond motifs is 1. The summed E-state index contributed by atoms with van der Waals surface area (Å²) in [6.07, 6.45) is 3.62. The van der Waals surface area contributed by atoms with Gasteiger partial charge in [-0.2, -0.15) is 0 Å². The zero-order valence-corrected chi connectivity index (χ0v) is 11.2. The maximum Gasteiger partial charge on any atom is 0.201 e. The minimum Gasteiger partial charge on any atom is -0.369 e. The third-order valence-electron chi connectivity index (χ3n) is 3.22. The Bertz CT molecular complexity index is 748. The van der Waals surface area contributed by atoms with Crippen LogP contribution in [-0.2, 0) is 6.54 Å². The highest BCUT2D eigenvalue weighted by molar-refractivity contribution is 6.35. The minimum atomic E-state index is 0.464. The van der Waals surface area contributed by atoms with Crippen molar-refractivity contribution in [2.75, 3.05) is 5.73 Å². The van der Waals surface area contributed by atoms with Crippen LogP contribution in [0.1, 0.15) is 11.1 Å². The van der Waals surface area contributed by atoms with Crippen LogP contribution in [0.25, 0.3) is 11.0 Å². The molecule has 0 aliphatic heterocycles. The van der Waals surface area contributed by atoms with Crippen molar-refractivity contribution in [3.05, 3.63) is 52.8 Å². The number of anilines is 1. The standard InChI is InChI=1S/C14H13ClN4/c1-9-5-6-17-7-10(9)8-19-13-11(15)3-2-4-12(13)18-14(19)16/h2-7H,8H2,1H3,(H2,16,18). The van der Waals surface area contributed by atoms with E-state index in [0.717, 1.165) is 16.6 Å². The van der Waals surface area contributed by atoms with Crippen LogP contribution < -0.4 is 5.73 Å². The molecule has 0 radical (unpaired) electrons. The molecular weight excluding hydrogens is 260 g/mol. The molecule has 3 aromatic rings. The van der Waals surface area contributed by atoms with E-state index in [0.29, 0.717) is 17.5 Å². The second-order valence-electron chi connectivity index (χ2n) is 4.47. The van der Waals surface area contributed by atoms with Crippen molar-refractivity contribution in [2.45, 2.75) is 13.5 Å². The molecule has 3 rings (SSSR count). The summed E-state index contributed by atoms with van der Waals surface area (Å²) >= 11 is 6.25. The van der Waals surface area contributed by atoms with E-state index in [1.54, 1.807) is 6.20 Å². The molecule has 5 heteroatoms. The Labute approximate surface area is 115 Å². The Morgan fingerprint density at radius 2 is 2.16 bits per heavy atom. The van der Waals surface area contributed by atoms with Gasteiger partial charge in [-0.1, -0.05) is 17.7 Å². The van der Waals surface area contributed by atoms with Gasteiger partial charge in [0, 0.05) is 12.4 Å². The van der Waals surface area contributed by atoms with Crippen molar-refractivity contribution in [3.63, 3.8) is 0 Å². The van der Waals surface area contributed by atoms with E-state index in [-0.39, 0.29) is 0 Å². The molecule has 0 saturated carbocycles. The predicted molar refractivity (Wildman–Crippen MR) is 77.2 cm³/mol. The summed E-state index contributed by atoms with van der Waals surface area (Å²) < 4.78 is 1.92. The topological polar surface area (TPSA) is 56.7 Å². The number of nitrogen functional groups attached to an aromatic ring is 1. The van der Waals surface area contributed by atoms with Crippen LogP contribution in [0.15, 0.2) is 36.7 Å². The molecule has 96 valence electrons. The fourth-order valence-corrected chi connectivity index (χ4v) is 2.42. The van der Waals surface area contributed by atoms with Gasteiger partial charge in [-0.15, -0.1) is 0 Å². The van der Waals surface area contributed by atoms with Gasteiger partial charge in [-0.05, 0) is 36.2 Å². The van der Waals surface area contributed by atoms with E-state index >= 15 is 0 Å². The van der Waals surface area contributed by atoms with Crippen molar-refractivity contribution < 1.29 is 0 Å². The second-order valence-corrected chi connectivity index (χ2v) is 4.87. The van der Waals surface area contributed by atoms with Crippen molar-refractivity contribution in [2.24, 2.45) is 0 Å². The highest BCUT2D eigenvalue weighted by Gasteiger charge is 2.12. The molecule has 2 N–H and O–H groups in total. The summed E-state index contributed by atoms with van der Waals surface area (Å²) in [7, 11) is 0. The monoisotopic (exact) mass is 272 g/mol. The molecule has 19 heavy (non-hydrogen) atoms. The Hall–Kier alpha value is -2.07. The lowest BCUT2D eigenvalue weighted by atomic mass is 10.1. The van der Waals surface area contributed by atoms with Crippen molar-refractivity contribution in [3.8, 4) is 0 Å². The molecular formula is C14H13ClN4. The number of aromatic nitrogens is 3. The Balaban J connectivity index is 2.16. The Morgan fingerprint density at radius 1 is 1.32 bits per heavy atom. The fourth-order valence-electron chi connectivity index (χ4n) is 2.15. The number of imidazole rings is 1. The van der Waals surface area contributed by atoms with Crippen LogP contribution >= 0.6 is 11.6 Å². The number of hydrogen-bond donors (Lipinski definition) is 1. The van der Waals surface area contributed by atoms with Gasteiger partial charge in [0.25, 0.3) is 0 Å². The van der Waals surface area contributed by atoms with Gasteiger partial charge in [0.2, 0.25) is 5.95 Å². The van der Waals surface area contributed by atoms with Crippen LogP contribution in [0.4, 0.5) is 5.95 Å². The van der Waals surface area contributed by atoms with Crippen molar-refractivity contribution >= 4 is 28.6 Å². The smallest absolute Gasteiger partial charge is 0.201 e. The van der Waals surface area contributed by atoms with E-state index in [9.17, 15) is 0 Å². The van der Waals surface area contributed by atoms with Crippen LogP contribution in [0.2, 0.25) is 5.02 Å². The number of pyridine rings is 1. The first-order chi connectivity index (χ1) is 9.16. The molecule has 0 bridgehead atoms. The lowest BCUT2D eigenvalue weighted by Gasteiger charge is -2.09. The molecule has 0 aliphatic rings. The highest BCUT2D eigenvalue weighted by Crippen LogP contribution is 2.26. The summed E-state index contributed by atoms with van der Waals surface area (Å²) in [5.41, 5.74) is 9.94. The molecule has 1 aromatic carbocycles. The van der Waals surface area contributed by atoms with Gasteiger partial charge in [-0.3, -0.25) is 4.98 Å². The number of aryl methyl sites for hydroxylation is 1. The van der Waals surface area contributed by atoms with Gasteiger partial charge in [0.1, 0.15) is 0 Å². The average Bonchev–Trinajstić information content (AvgIpc) is 2.70. The fraction of sp³-hybridized carbons (Fsp3) is 0.143. The summed E-state index contributed by atoms with van der Waals surface area (Å²) in [4.78, 5) is 8.49. The van der Waals surface area contributed by atoms with Gasteiger partial charge in [0.05, 0.1) is 22.6 Å². The molecule has 2 aromatic heterocycles. The number of rotatable bonds is 2.